The highest BCUT2D eigenvalue weighted by atomic mass is 16.5. The van der Waals surface area contributed by atoms with Crippen molar-refractivity contribution in [3.05, 3.63) is 23.7 Å². The first-order valence-electron chi connectivity index (χ1n) is 12.3. The molecule has 0 bridgehead atoms. The molecule has 7 atom stereocenters. The second-order valence-electron chi connectivity index (χ2n) is 12.5. The van der Waals surface area contributed by atoms with E-state index in [9.17, 15) is 4.79 Å². The molecule has 0 spiro atoms. The molecule has 4 aliphatic rings. The molecular weight excluding hydrogens is 372 g/mol. The fourth-order valence-corrected chi connectivity index (χ4v) is 9.66. The first kappa shape index (κ1) is 20.6. The Labute approximate surface area is 182 Å². The summed E-state index contributed by atoms with van der Waals surface area (Å²) in [5, 5.41) is 0. The van der Waals surface area contributed by atoms with Crippen LogP contribution in [0.15, 0.2) is 16.9 Å². The third-order valence-electron chi connectivity index (χ3n) is 10.8. The van der Waals surface area contributed by atoms with Gasteiger partial charge in [0.2, 0.25) is 0 Å². The first-order valence-corrected chi connectivity index (χ1v) is 12.3. The summed E-state index contributed by atoms with van der Waals surface area (Å²) in [7, 11) is 0. The van der Waals surface area contributed by atoms with E-state index in [2.05, 4.69) is 34.6 Å². The molecule has 1 aromatic rings. The maximum atomic E-state index is 12.2. The quantitative estimate of drug-likeness (QED) is 0.483. The van der Waals surface area contributed by atoms with Gasteiger partial charge in [-0.2, -0.15) is 0 Å². The van der Waals surface area contributed by atoms with Crippen LogP contribution in [0.5, 0.6) is 0 Å². The summed E-state index contributed by atoms with van der Waals surface area (Å²) < 4.78 is 11.9. The van der Waals surface area contributed by atoms with E-state index in [-0.39, 0.29) is 17.5 Å². The molecule has 3 nitrogen and oxygen atoms in total. The van der Waals surface area contributed by atoms with Crippen molar-refractivity contribution in [3.8, 4) is 0 Å². The number of carbonyl (C=O) groups excluding carboxylic acids is 1. The summed E-state index contributed by atoms with van der Waals surface area (Å²) in [4.78, 5) is 12.2. The van der Waals surface area contributed by atoms with Crippen LogP contribution in [-0.2, 0) is 21.4 Å². The molecule has 3 saturated carbocycles. The number of fused-ring (bicyclic) bond motifs is 7. The highest BCUT2D eigenvalue weighted by Gasteiger charge is 2.68. The van der Waals surface area contributed by atoms with Crippen LogP contribution in [0.25, 0.3) is 0 Å². The predicted molar refractivity (Wildman–Crippen MR) is 118 cm³/mol. The fourth-order valence-electron chi connectivity index (χ4n) is 9.66. The van der Waals surface area contributed by atoms with Gasteiger partial charge in [0.25, 0.3) is 0 Å². The van der Waals surface area contributed by atoms with Crippen LogP contribution in [0.2, 0.25) is 0 Å². The monoisotopic (exact) mass is 412 g/mol. The minimum atomic E-state index is -0.148. The van der Waals surface area contributed by atoms with Crippen LogP contribution in [-0.4, -0.2) is 12.1 Å². The van der Waals surface area contributed by atoms with Gasteiger partial charge in [0.15, 0.2) is 0 Å². The van der Waals surface area contributed by atoms with E-state index in [1.54, 1.807) is 6.92 Å². The lowest BCUT2D eigenvalue weighted by Gasteiger charge is -2.70. The van der Waals surface area contributed by atoms with Crippen molar-refractivity contribution < 1.29 is 13.9 Å². The molecule has 1 aromatic heterocycles. The zero-order chi connectivity index (χ0) is 21.5. The smallest absolute Gasteiger partial charge is 0.302 e. The van der Waals surface area contributed by atoms with Crippen molar-refractivity contribution in [2.45, 2.75) is 104 Å². The number of ether oxygens (including phenoxy) is 1. The molecule has 0 amide bonds. The lowest BCUT2D eigenvalue weighted by Crippen LogP contribution is -2.66. The van der Waals surface area contributed by atoms with Gasteiger partial charge < -0.3 is 9.15 Å². The first-order chi connectivity index (χ1) is 14.0. The Morgan fingerprint density at radius 3 is 2.43 bits per heavy atom. The van der Waals surface area contributed by atoms with Gasteiger partial charge in [-0.1, -0.05) is 41.0 Å². The molecule has 5 rings (SSSR count). The lowest BCUT2D eigenvalue weighted by atomic mass is 9.35. The van der Waals surface area contributed by atoms with Crippen LogP contribution in [0, 0.1) is 34.0 Å². The largest absolute Gasteiger partial charge is 0.472 e. The molecule has 30 heavy (non-hydrogen) atoms. The number of hydrogen-bond acceptors (Lipinski definition) is 3. The average molecular weight is 413 g/mol. The number of hydrogen-bond donors (Lipinski definition) is 0. The zero-order valence-electron chi connectivity index (χ0n) is 19.8. The van der Waals surface area contributed by atoms with Gasteiger partial charge in [-0.15, -0.1) is 0 Å². The summed E-state index contributed by atoms with van der Waals surface area (Å²) >= 11 is 0. The maximum absolute atomic E-state index is 12.2. The minimum Gasteiger partial charge on any atom is -0.472 e. The van der Waals surface area contributed by atoms with Crippen LogP contribution in [0.4, 0.5) is 0 Å². The van der Waals surface area contributed by atoms with Crippen molar-refractivity contribution in [2.24, 2.45) is 34.0 Å². The van der Waals surface area contributed by atoms with Crippen LogP contribution < -0.4 is 0 Å². The number of aryl methyl sites for hydroxylation is 1. The number of carbonyl (C=O) groups is 1. The number of esters is 1. The van der Waals surface area contributed by atoms with Crippen molar-refractivity contribution in [1.29, 1.82) is 0 Å². The second kappa shape index (κ2) is 6.39. The van der Waals surface area contributed by atoms with Crippen molar-refractivity contribution in [3.63, 3.8) is 0 Å². The van der Waals surface area contributed by atoms with Crippen molar-refractivity contribution in [1.82, 2.24) is 0 Å². The Bertz CT molecular complexity index is 852. The van der Waals surface area contributed by atoms with E-state index < -0.39 is 0 Å². The molecule has 4 aliphatic carbocycles. The minimum absolute atomic E-state index is 0.0599. The normalized spacial score (nSPS) is 46.7. The second-order valence-corrected chi connectivity index (χ2v) is 12.5. The van der Waals surface area contributed by atoms with E-state index >= 15 is 0 Å². The topological polar surface area (TPSA) is 39.4 Å². The van der Waals surface area contributed by atoms with Gasteiger partial charge in [-0.05, 0) is 84.5 Å². The van der Waals surface area contributed by atoms with Gasteiger partial charge in [0.05, 0.1) is 12.5 Å². The highest BCUT2D eigenvalue weighted by molar-refractivity contribution is 5.66. The molecule has 0 radical (unpaired) electrons. The SMILES string of the molecule is CC(=O)O[C@H]1C[C@H]2[C@@](C)(CC[C@H]3C(C)(C)CCC[C@]23C)[C@H]2CCc3cocc3[C@@]12C. The molecule has 3 heteroatoms. The Balaban J connectivity index is 1.64. The molecule has 0 N–H and O–H groups in total. The van der Waals surface area contributed by atoms with E-state index in [0.29, 0.717) is 28.1 Å². The summed E-state index contributed by atoms with van der Waals surface area (Å²) in [6.45, 7) is 14.2. The Morgan fingerprint density at radius 1 is 0.967 bits per heavy atom. The van der Waals surface area contributed by atoms with Gasteiger partial charge in [0, 0.05) is 17.9 Å². The van der Waals surface area contributed by atoms with E-state index in [4.69, 9.17) is 9.15 Å². The Kier molecular flexibility index (Phi) is 4.40. The molecule has 0 saturated heterocycles. The summed E-state index contributed by atoms with van der Waals surface area (Å²) in [6.07, 6.45) is 13.8. The number of furan rings is 1. The van der Waals surface area contributed by atoms with Crippen LogP contribution in [0.1, 0.15) is 97.6 Å². The van der Waals surface area contributed by atoms with Gasteiger partial charge in [-0.25, -0.2) is 0 Å². The van der Waals surface area contributed by atoms with Gasteiger partial charge >= 0.3 is 5.97 Å². The van der Waals surface area contributed by atoms with E-state index in [1.807, 2.05) is 12.5 Å². The van der Waals surface area contributed by atoms with Crippen molar-refractivity contribution >= 4 is 5.97 Å². The Morgan fingerprint density at radius 2 is 1.70 bits per heavy atom. The third-order valence-corrected chi connectivity index (χ3v) is 10.8. The molecule has 166 valence electrons. The molecule has 0 aliphatic heterocycles. The van der Waals surface area contributed by atoms with Crippen molar-refractivity contribution in [2.75, 3.05) is 0 Å². The van der Waals surface area contributed by atoms with E-state index in [0.717, 1.165) is 18.8 Å². The standard InChI is InChI=1S/C27H40O3/c1-17(28)30-23-14-22-25(4)12-7-11-24(2,3)20(25)10-13-26(22,5)21-9-8-18-15-29-16-19(18)27(21,23)6/h15-16,20-23H,7-14H2,1-6H3/t20-,21+,22+,23-,25-,26-,27+/m0/s1. The van der Waals surface area contributed by atoms with Gasteiger partial charge in [0.1, 0.15) is 6.10 Å². The molecule has 1 heterocycles. The molecule has 3 fully saturated rings. The third kappa shape index (κ3) is 2.53. The molecule has 0 unspecified atom stereocenters. The van der Waals surface area contributed by atoms with Crippen LogP contribution in [0.3, 0.4) is 0 Å². The molecular formula is C27H40O3. The Hall–Kier alpha value is -1.25. The summed E-state index contributed by atoms with van der Waals surface area (Å²) in [5.41, 5.74) is 3.53. The summed E-state index contributed by atoms with van der Waals surface area (Å²) in [5.74, 6) is 1.77. The zero-order valence-corrected chi connectivity index (χ0v) is 19.8. The molecule has 0 aromatic carbocycles. The lowest BCUT2D eigenvalue weighted by molar-refractivity contribution is -0.216. The van der Waals surface area contributed by atoms with Crippen LogP contribution >= 0.6 is 0 Å². The average Bonchev–Trinajstić information content (AvgIpc) is 3.12. The fraction of sp³-hybridized carbons (Fsp3) is 0.815. The summed E-state index contributed by atoms with van der Waals surface area (Å²) in [6, 6.07) is 0. The number of rotatable bonds is 1. The highest BCUT2D eigenvalue weighted by Crippen LogP contribution is 2.72. The predicted octanol–water partition coefficient (Wildman–Crippen LogP) is 6.68. The maximum Gasteiger partial charge on any atom is 0.302 e. The van der Waals surface area contributed by atoms with E-state index in [1.165, 1.54) is 49.7 Å². The van der Waals surface area contributed by atoms with Gasteiger partial charge in [-0.3, -0.25) is 4.79 Å².